The van der Waals surface area contributed by atoms with E-state index in [1.54, 1.807) is 37.3 Å². The average molecular weight is 306 g/mol. The number of hydrogen-bond donors (Lipinski definition) is 1. The van der Waals surface area contributed by atoms with E-state index >= 15 is 0 Å². The highest BCUT2D eigenvalue weighted by Crippen LogP contribution is 2.32. The Bertz CT molecular complexity index is 562. The van der Waals surface area contributed by atoms with Gasteiger partial charge in [-0.25, -0.2) is 4.79 Å². The summed E-state index contributed by atoms with van der Waals surface area (Å²) >= 11 is 0. The molecule has 0 aromatic heterocycles. The Morgan fingerprint density at radius 2 is 2.23 bits per heavy atom. The molecule has 0 saturated heterocycles. The van der Waals surface area contributed by atoms with E-state index < -0.39 is 11.8 Å². The van der Waals surface area contributed by atoms with E-state index in [-0.39, 0.29) is 6.61 Å². The summed E-state index contributed by atoms with van der Waals surface area (Å²) in [6.45, 7) is 5.87. The molecule has 5 nitrogen and oxygen atoms in total. The lowest BCUT2D eigenvalue weighted by atomic mass is 10.1. The first kappa shape index (κ1) is 16.4. The maximum Gasteiger partial charge on any atom is 0.344 e. The van der Waals surface area contributed by atoms with E-state index in [0.717, 1.165) is 12.0 Å². The number of esters is 1. The molecule has 1 aromatic rings. The second-order valence-corrected chi connectivity index (χ2v) is 5.67. The van der Waals surface area contributed by atoms with E-state index in [4.69, 9.17) is 14.2 Å². The molecular formula is C17H22O5. The van der Waals surface area contributed by atoms with Crippen LogP contribution in [-0.2, 0) is 9.53 Å². The quantitative estimate of drug-likeness (QED) is 0.819. The molecule has 0 saturated carbocycles. The van der Waals surface area contributed by atoms with Gasteiger partial charge in [-0.05, 0) is 30.2 Å². The smallest absolute Gasteiger partial charge is 0.344 e. The van der Waals surface area contributed by atoms with Crippen molar-refractivity contribution in [2.75, 3.05) is 13.2 Å². The Morgan fingerprint density at radius 3 is 2.95 bits per heavy atom. The molecule has 5 heteroatoms. The van der Waals surface area contributed by atoms with Crippen molar-refractivity contribution in [1.82, 2.24) is 0 Å². The first-order valence-corrected chi connectivity index (χ1v) is 7.42. The van der Waals surface area contributed by atoms with Crippen LogP contribution in [0.15, 0.2) is 24.3 Å². The molecule has 0 amide bonds. The van der Waals surface area contributed by atoms with Gasteiger partial charge in [-0.2, -0.15) is 0 Å². The molecule has 2 rings (SSSR count). The van der Waals surface area contributed by atoms with Crippen molar-refractivity contribution in [2.45, 2.75) is 33.0 Å². The SMILES string of the molecule is CCC(C)COC(=O)COc1ccc2c(c1)OC(C)(O)C=C2. The summed E-state index contributed by atoms with van der Waals surface area (Å²) in [6, 6.07) is 5.20. The van der Waals surface area contributed by atoms with Crippen LogP contribution in [0.2, 0.25) is 0 Å². The third kappa shape index (κ3) is 4.49. The van der Waals surface area contributed by atoms with Crippen molar-refractivity contribution in [3.8, 4) is 11.5 Å². The third-order valence-electron chi connectivity index (χ3n) is 3.46. The average Bonchev–Trinajstić information content (AvgIpc) is 2.49. The van der Waals surface area contributed by atoms with Crippen LogP contribution in [0.25, 0.3) is 6.08 Å². The lowest BCUT2D eigenvalue weighted by Gasteiger charge is -2.26. The van der Waals surface area contributed by atoms with Crippen molar-refractivity contribution in [3.63, 3.8) is 0 Å². The first-order valence-electron chi connectivity index (χ1n) is 7.42. The lowest BCUT2D eigenvalue weighted by Crippen LogP contribution is -2.31. The van der Waals surface area contributed by atoms with Gasteiger partial charge in [0, 0.05) is 18.6 Å². The molecule has 1 aromatic carbocycles. The first-order chi connectivity index (χ1) is 10.4. The Morgan fingerprint density at radius 1 is 1.45 bits per heavy atom. The van der Waals surface area contributed by atoms with Gasteiger partial charge in [-0.3, -0.25) is 0 Å². The molecule has 120 valence electrons. The minimum Gasteiger partial charge on any atom is -0.482 e. The monoisotopic (exact) mass is 306 g/mol. The molecule has 0 spiro atoms. The summed E-state index contributed by atoms with van der Waals surface area (Å²) in [6.07, 6.45) is 4.31. The Kier molecular flexibility index (Phi) is 5.08. The third-order valence-corrected chi connectivity index (χ3v) is 3.46. The summed E-state index contributed by atoms with van der Waals surface area (Å²) in [7, 11) is 0. The summed E-state index contributed by atoms with van der Waals surface area (Å²) < 4.78 is 16.0. The van der Waals surface area contributed by atoms with Crippen molar-refractivity contribution >= 4 is 12.0 Å². The lowest BCUT2D eigenvalue weighted by molar-refractivity contribution is -0.147. The zero-order valence-corrected chi connectivity index (χ0v) is 13.2. The molecule has 2 unspecified atom stereocenters. The standard InChI is InChI=1S/C17H22O5/c1-4-12(2)10-21-16(18)11-20-14-6-5-13-7-8-17(3,19)22-15(13)9-14/h5-9,12,19H,4,10-11H2,1-3H3. The molecular weight excluding hydrogens is 284 g/mol. The van der Waals surface area contributed by atoms with Crippen LogP contribution in [0.3, 0.4) is 0 Å². The van der Waals surface area contributed by atoms with Gasteiger partial charge in [0.2, 0.25) is 5.79 Å². The minimum atomic E-state index is -1.33. The highest BCUT2D eigenvalue weighted by molar-refractivity contribution is 5.71. The van der Waals surface area contributed by atoms with E-state index in [1.165, 1.54) is 0 Å². The second-order valence-electron chi connectivity index (χ2n) is 5.67. The molecule has 0 aliphatic carbocycles. The fourth-order valence-electron chi connectivity index (χ4n) is 1.87. The second kappa shape index (κ2) is 6.83. The number of rotatable bonds is 6. The van der Waals surface area contributed by atoms with Crippen LogP contribution in [-0.4, -0.2) is 30.1 Å². The molecule has 1 N–H and O–H groups in total. The number of carbonyl (C=O) groups is 1. The Labute approximate surface area is 130 Å². The van der Waals surface area contributed by atoms with Crippen molar-refractivity contribution < 1.29 is 24.1 Å². The summed E-state index contributed by atoms with van der Waals surface area (Å²) in [5.41, 5.74) is 0.846. The largest absolute Gasteiger partial charge is 0.482 e. The van der Waals surface area contributed by atoms with E-state index in [1.807, 2.05) is 13.8 Å². The van der Waals surface area contributed by atoms with Crippen molar-refractivity contribution in [2.24, 2.45) is 5.92 Å². The predicted molar refractivity (Wildman–Crippen MR) is 82.6 cm³/mol. The number of aliphatic hydroxyl groups is 1. The molecule has 0 radical (unpaired) electrons. The maximum atomic E-state index is 11.6. The number of carbonyl (C=O) groups excluding carboxylic acids is 1. The molecule has 0 fully saturated rings. The van der Waals surface area contributed by atoms with E-state index in [9.17, 15) is 9.90 Å². The van der Waals surface area contributed by atoms with Crippen LogP contribution in [0.4, 0.5) is 0 Å². The number of ether oxygens (including phenoxy) is 3. The summed E-state index contributed by atoms with van der Waals surface area (Å²) in [4.78, 5) is 11.6. The van der Waals surface area contributed by atoms with Crippen LogP contribution in [0, 0.1) is 5.92 Å². The normalized spacial score (nSPS) is 20.7. The fraction of sp³-hybridized carbons (Fsp3) is 0.471. The van der Waals surface area contributed by atoms with Gasteiger partial charge in [-0.1, -0.05) is 20.3 Å². The van der Waals surface area contributed by atoms with Crippen LogP contribution >= 0.6 is 0 Å². The van der Waals surface area contributed by atoms with Gasteiger partial charge >= 0.3 is 5.97 Å². The predicted octanol–water partition coefficient (Wildman–Crippen LogP) is 2.77. The zero-order chi connectivity index (χ0) is 16.2. The summed E-state index contributed by atoms with van der Waals surface area (Å²) in [5.74, 6) is -0.384. The van der Waals surface area contributed by atoms with Gasteiger partial charge < -0.3 is 19.3 Å². The minimum absolute atomic E-state index is 0.151. The zero-order valence-electron chi connectivity index (χ0n) is 13.2. The van der Waals surface area contributed by atoms with E-state index in [0.29, 0.717) is 24.0 Å². The van der Waals surface area contributed by atoms with Gasteiger partial charge in [-0.15, -0.1) is 0 Å². The Hall–Kier alpha value is -2.01. The molecule has 2 atom stereocenters. The fourth-order valence-corrected chi connectivity index (χ4v) is 1.87. The van der Waals surface area contributed by atoms with Gasteiger partial charge in [0.15, 0.2) is 6.61 Å². The topological polar surface area (TPSA) is 65.0 Å². The van der Waals surface area contributed by atoms with Crippen LogP contribution in [0.5, 0.6) is 11.5 Å². The van der Waals surface area contributed by atoms with Crippen LogP contribution < -0.4 is 9.47 Å². The molecule has 0 bridgehead atoms. The van der Waals surface area contributed by atoms with Crippen molar-refractivity contribution in [3.05, 3.63) is 29.8 Å². The Balaban J connectivity index is 1.90. The number of hydrogen-bond acceptors (Lipinski definition) is 5. The maximum absolute atomic E-state index is 11.6. The summed E-state index contributed by atoms with van der Waals surface area (Å²) in [5, 5.41) is 9.85. The molecule has 22 heavy (non-hydrogen) atoms. The van der Waals surface area contributed by atoms with Gasteiger partial charge in [0.05, 0.1) is 6.61 Å². The highest BCUT2D eigenvalue weighted by atomic mass is 16.6. The van der Waals surface area contributed by atoms with Gasteiger partial charge in [0.1, 0.15) is 11.5 Å². The molecule has 1 heterocycles. The van der Waals surface area contributed by atoms with Crippen LogP contribution in [0.1, 0.15) is 32.8 Å². The molecule has 1 aliphatic rings. The highest BCUT2D eigenvalue weighted by Gasteiger charge is 2.24. The molecule has 1 aliphatic heterocycles. The van der Waals surface area contributed by atoms with Gasteiger partial charge in [0.25, 0.3) is 0 Å². The number of benzene rings is 1. The van der Waals surface area contributed by atoms with E-state index in [2.05, 4.69) is 0 Å². The van der Waals surface area contributed by atoms with Crippen molar-refractivity contribution in [1.29, 1.82) is 0 Å². The number of fused-ring (bicyclic) bond motifs is 1.